The molecule has 4 aromatic carbocycles. The number of imidazole rings is 1. The number of fused-ring (bicyclic) bond motifs is 4. The standard InChI is InChI=1S/C44H31N9O2/c1-50-25-36-33(6-4-8-39(36)49-50)30-13-9-28(10-14-30)24-52-27-47-42-35(44(52)55)17-18-37(48-42)32-19-20-53-40(22-45-41(53)21-32)31-15-11-29(12-16-31)23-51-26-46-38-7-3-2-5-34(38)43(51)54/h2-22,25-27H,23-24H2,1H3. The minimum absolute atomic E-state index is 0.0604. The molecule has 55 heavy (non-hydrogen) atoms. The summed E-state index contributed by atoms with van der Waals surface area (Å²) in [4.78, 5) is 45.0. The highest BCUT2D eigenvalue weighted by Crippen LogP contribution is 2.29. The van der Waals surface area contributed by atoms with E-state index in [2.05, 4.69) is 38.2 Å². The van der Waals surface area contributed by atoms with E-state index in [0.717, 1.165) is 55.6 Å². The average Bonchev–Trinajstić information content (AvgIpc) is 3.83. The summed E-state index contributed by atoms with van der Waals surface area (Å²) < 4.78 is 7.10. The molecule has 0 saturated carbocycles. The van der Waals surface area contributed by atoms with Gasteiger partial charge in [-0.15, -0.1) is 0 Å². The fourth-order valence-electron chi connectivity index (χ4n) is 7.27. The van der Waals surface area contributed by atoms with Gasteiger partial charge in [-0.2, -0.15) is 5.10 Å². The van der Waals surface area contributed by atoms with E-state index in [1.807, 2.05) is 120 Å². The van der Waals surface area contributed by atoms with Crippen LogP contribution in [0.5, 0.6) is 0 Å². The summed E-state index contributed by atoms with van der Waals surface area (Å²) in [6.07, 6.45) is 9.02. The molecule has 0 spiro atoms. The van der Waals surface area contributed by atoms with E-state index in [1.54, 1.807) is 33.9 Å². The summed E-state index contributed by atoms with van der Waals surface area (Å²) >= 11 is 0. The largest absolute Gasteiger partial charge is 0.300 e. The summed E-state index contributed by atoms with van der Waals surface area (Å²) in [5.41, 5.74) is 10.3. The molecule has 6 heterocycles. The van der Waals surface area contributed by atoms with Crippen molar-refractivity contribution in [2.75, 3.05) is 0 Å². The van der Waals surface area contributed by atoms with Crippen molar-refractivity contribution >= 4 is 38.5 Å². The first-order valence-electron chi connectivity index (χ1n) is 17.8. The molecule has 0 fully saturated rings. The van der Waals surface area contributed by atoms with E-state index in [-0.39, 0.29) is 11.1 Å². The summed E-state index contributed by atoms with van der Waals surface area (Å²) in [7, 11) is 1.93. The molecule has 10 rings (SSSR count). The molecule has 0 N–H and O–H groups in total. The van der Waals surface area contributed by atoms with E-state index >= 15 is 0 Å². The summed E-state index contributed by atoms with van der Waals surface area (Å²) in [5.74, 6) is 0. The molecule has 0 aliphatic rings. The van der Waals surface area contributed by atoms with Gasteiger partial charge < -0.3 is 0 Å². The van der Waals surface area contributed by atoms with Gasteiger partial charge in [0.05, 0.1) is 58.8 Å². The van der Waals surface area contributed by atoms with Crippen LogP contribution in [-0.2, 0) is 20.1 Å². The Morgan fingerprint density at radius 3 is 2.11 bits per heavy atom. The Balaban J connectivity index is 0.866. The first-order valence-corrected chi connectivity index (χ1v) is 17.8. The lowest BCUT2D eigenvalue weighted by atomic mass is 10.0. The summed E-state index contributed by atoms with van der Waals surface area (Å²) in [6, 6.07) is 37.5. The zero-order valence-corrected chi connectivity index (χ0v) is 29.6. The molecule has 0 saturated heterocycles. The fourth-order valence-corrected chi connectivity index (χ4v) is 7.27. The van der Waals surface area contributed by atoms with Crippen molar-refractivity contribution in [3.63, 3.8) is 0 Å². The van der Waals surface area contributed by atoms with Crippen molar-refractivity contribution in [1.29, 1.82) is 0 Å². The Labute approximate surface area is 313 Å². The second-order valence-electron chi connectivity index (χ2n) is 13.7. The lowest BCUT2D eigenvalue weighted by Crippen LogP contribution is -2.21. The maximum atomic E-state index is 13.5. The molecular weight excluding hydrogens is 687 g/mol. The molecule has 11 heteroatoms. The smallest absolute Gasteiger partial charge is 0.263 e. The van der Waals surface area contributed by atoms with Gasteiger partial charge in [0.2, 0.25) is 0 Å². The highest BCUT2D eigenvalue weighted by molar-refractivity contribution is 5.94. The van der Waals surface area contributed by atoms with Gasteiger partial charge in [0.25, 0.3) is 11.1 Å². The first kappa shape index (κ1) is 32.1. The van der Waals surface area contributed by atoms with Crippen LogP contribution in [0.1, 0.15) is 11.1 Å². The SMILES string of the molecule is Cn1cc2c(-c3ccc(Cn4cnc5nc(-c6ccn7c(-c8ccc(Cn9cnc%10ccccc%10c9=O)cc8)cnc7c6)ccc5c4=O)cc3)cccc2n1. The van der Waals surface area contributed by atoms with Gasteiger partial charge in [-0.3, -0.25) is 27.8 Å². The maximum absolute atomic E-state index is 13.5. The zero-order valence-electron chi connectivity index (χ0n) is 29.6. The zero-order chi connectivity index (χ0) is 37.0. The number of hydrogen-bond donors (Lipinski definition) is 0. The van der Waals surface area contributed by atoms with E-state index in [4.69, 9.17) is 4.98 Å². The van der Waals surface area contributed by atoms with Crippen molar-refractivity contribution < 1.29 is 0 Å². The second-order valence-corrected chi connectivity index (χ2v) is 13.7. The average molecular weight is 718 g/mol. The quantitative estimate of drug-likeness (QED) is 0.172. The lowest BCUT2D eigenvalue weighted by Gasteiger charge is -2.09. The van der Waals surface area contributed by atoms with Crippen molar-refractivity contribution in [2.24, 2.45) is 7.05 Å². The third kappa shape index (κ3) is 5.75. The lowest BCUT2D eigenvalue weighted by molar-refractivity contribution is 0.747. The van der Waals surface area contributed by atoms with E-state index < -0.39 is 0 Å². The number of pyridine rings is 2. The molecule has 264 valence electrons. The van der Waals surface area contributed by atoms with Gasteiger partial charge in [0.1, 0.15) is 12.0 Å². The van der Waals surface area contributed by atoms with Crippen LogP contribution in [0, 0.1) is 0 Å². The molecule has 0 amide bonds. The number of aryl methyl sites for hydroxylation is 1. The van der Waals surface area contributed by atoms with E-state index in [9.17, 15) is 9.59 Å². The normalized spacial score (nSPS) is 11.7. The molecule has 0 unspecified atom stereocenters. The molecule has 0 aliphatic carbocycles. The van der Waals surface area contributed by atoms with Gasteiger partial charge in [0.15, 0.2) is 5.65 Å². The third-order valence-electron chi connectivity index (χ3n) is 10.1. The number of rotatable bonds is 7. The van der Waals surface area contributed by atoms with Crippen LogP contribution in [0.3, 0.4) is 0 Å². The van der Waals surface area contributed by atoms with Gasteiger partial charge >= 0.3 is 0 Å². The number of aromatic nitrogens is 9. The Morgan fingerprint density at radius 1 is 0.600 bits per heavy atom. The van der Waals surface area contributed by atoms with Crippen molar-refractivity contribution in [2.45, 2.75) is 13.1 Å². The Kier molecular flexibility index (Phi) is 7.51. The monoisotopic (exact) mass is 717 g/mol. The maximum Gasteiger partial charge on any atom is 0.263 e. The first-order chi connectivity index (χ1) is 26.9. The van der Waals surface area contributed by atoms with Crippen molar-refractivity contribution in [1.82, 2.24) is 43.3 Å². The number of hydrogen-bond acceptors (Lipinski definition) is 7. The third-order valence-corrected chi connectivity index (χ3v) is 10.1. The Morgan fingerprint density at radius 2 is 1.31 bits per heavy atom. The Hall–Kier alpha value is -7.53. The Bertz CT molecular complexity index is 3210. The van der Waals surface area contributed by atoms with Crippen LogP contribution in [0.15, 0.2) is 156 Å². The van der Waals surface area contributed by atoms with Gasteiger partial charge in [-0.25, -0.2) is 19.9 Å². The summed E-state index contributed by atoms with van der Waals surface area (Å²) in [5, 5.41) is 6.69. The number of benzene rings is 4. The van der Waals surface area contributed by atoms with Crippen LogP contribution in [-0.4, -0.2) is 43.3 Å². The molecule has 0 aliphatic heterocycles. The van der Waals surface area contributed by atoms with Gasteiger partial charge in [0, 0.05) is 36.0 Å². The minimum Gasteiger partial charge on any atom is -0.300 e. The predicted molar refractivity (Wildman–Crippen MR) is 214 cm³/mol. The highest BCUT2D eigenvalue weighted by Gasteiger charge is 2.13. The van der Waals surface area contributed by atoms with Gasteiger partial charge in [-0.05, 0) is 64.7 Å². The second kappa shape index (κ2) is 12.8. The van der Waals surface area contributed by atoms with Gasteiger partial charge in [-0.1, -0.05) is 72.8 Å². The molecule has 6 aromatic heterocycles. The molecule has 0 atom stereocenters. The van der Waals surface area contributed by atoms with Crippen molar-refractivity contribution in [3.8, 4) is 33.6 Å². The van der Waals surface area contributed by atoms with Crippen LogP contribution in [0.4, 0.5) is 0 Å². The van der Waals surface area contributed by atoms with Crippen LogP contribution in [0.25, 0.3) is 72.1 Å². The van der Waals surface area contributed by atoms with Crippen LogP contribution in [0.2, 0.25) is 0 Å². The van der Waals surface area contributed by atoms with Crippen molar-refractivity contribution in [3.05, 3.63) is 178 Å². The highest BCUT2D eigenvalue weighted by atomic mass is 16.1. The molecule has 10 aromatic rings. The topological polar surface area (TPSA) is 118 Å². The number of para-hydroxylation sites is 1. The fraction of sp³-hybridized carbons (Fsp3) is 0.0682. The number of nitrogens with zero attached hydrogens (tertiary/aromatic N) is 9. The predicted octanol–water partition coefficient (Wildman–Crippen LogP) is 7.13. The molecule has 0 bridgehead atoms. The summed E-state index contributed by atoms with van der Waals surface area (Å²) in [6.45, 7) is 0.818. The molecular formula is C44H31N9O2. The molecule has 0 radical (unpaired) electrons. The van der Waals surface area contributed by atoms with E-state index in [1.165, 1.54) is 0 Å². The van der Waals surface area contributed by atoms with Crippen LogP contribution < -0.4 is 11.1 Å². The molecule has 11 nitrogen and oxygen atoms in total. The van der Waals surface area contributed by atoms with Crippen LogP contribution >= 0.6 is 0 Å². The van der Waals surface area contributed by atoms with E-state index in [0.29, 0.717) is 40.7 Å². The minimum atomic E-state index is -0.145.